The molecule has 0 saturated heterocycles. The van der Waals surface area contributed by atoms with Gasteiger partial charge in [-0.2, -0.15) is 0 Å². The van der Waals surface area contributed by atoms with E-state index in [1.54, 1.807) is 6.07 Å². The summed E-state index contributed by atoms with van der Waals surface area (Å²) in [7, 11) is -2.22. The van der Waals surface area contributed by atoms with E-state index in [2.05, 4.69) is 10.0 Å². The Balaban J connectivity index is 1.98. The van der Waals surface area contributed by atoms with E-state index in [-0.39, 0.29) is 41.3 Å². The fourth-order valence-corrected chi connectivity index (χ4v) is 4.10. The van der Waals surface area contributed by atoms with E-state index in [1.165, 1.54) is 37.1 Å². The molecule has 2 rings (SSSR count). The van der Waals surface area contributed by atoms with Crippen LogP contribution in [0.2, 0.25) is 5.02 Å². The van der Waals surface area contributed by atoms with Crippen molar-refractivity contribution in [2.24, 2.45) is 0 Å². The highest BCUT2D eigenvalue weighted by Gasteiger charge is 2.16. The van der Waals surface area contributed by atoms with E-state index in [1.807, 2.05) is 24.5 Å². The zero-order valence-corrected chi connectivity index (χ0v) is 17.8. The molecule has 0 radical (unpaired) electrons. The van der Waals surface area contributed by atoms with Gasteiger partial charge >= 0.3 is 0 Å². The number of amides is 1. The summed E-state index contributed by atoms with van der Waals surface area (Å²) in [4.78, 5) is 13.1. The summed E-state index contributed by atoms with van der Waals surface area (Å²) in [6.07, 6.45) is 1.92. The summed E-state index contributed by atoms with van der Waals surface area (Å²) in [6, 6.07) is 11.5. The first-order valence-electron chi connectivity index (χ1n) is 8.21. The fourth-order valence-electron chi connectivity index (χ4n) is 2.20. The number of benzene rings is 2. The molecule has 0 heterocycles. The average Bonchev–Trinajstić information content (AvgIpc) is 2.67. The van der Waals surface area contributed by atoms with Crippen molar-refractivity contribution in [3.63, 3.8) is 0 Å². The Bertz CT molecular complexity index is 922. The van der Waals surface area contributed by atoms with Gasteiger partial charge in [0, 0.05) is 18.6 Å². The number of halogens is 1. The zero-order valence-electron chi connectivity index (χ0n) is 15.4. The normalized spacial score (nSPS) is 11.2. The first kappa shape index (κ1) is 22.5. The van der Waals surface area contributed by atoms with Gasteiger partial charge in [0.15, 0.2) is 6.61 Å². The molecule has 0 fully saturated rings. The van der Waals surface area contributed by atoms with Gasteiger partial charge in [-0.25, -0.2) is 13.1 Å². The third kappa shape index (κ3) is 6.39. The molecule has 2 aromatic carbocycles. The van der Waals surface area contributed by atoms with E-state index in [0.717, 1.165) is 4.90 Å². The Hall–Kier alpha value is -1.78. The number of methoxy groups -OCH3 is 1. The van der Waals surface area contributed by atoms with E-state index >= 15 is 0 Å². The van der Waals surface area contributed by atoms with Gasteiger partial charge in [-0.15, -0.1) is 11.8 Å². The number of thioether (sulfide) groups is 1. The van der Waals surface area contributed by atoms with Crippen LogP contribution in [0.1, 0.15) is 0 Å². The molecule has 7 nitrogen and oxygen atoms in total. The van der Waals surface area contributed by atoms with Crippen LogP contribution in [0, 0.1) is 0 Å². The smallest absolute Gasteiger partial charge is 0.262 e. The molecule has 28 heavy (non-hydrogen) atoms. The molecule has 0 aliphatic rings. The molecule has 0 spiro atoms. The summed E-state index contributed by atoms with van der Waals surface area (Å²) >= 11 is 7.63. The van der Waals surface area contributed by atoms with Crippen molar-refractivity contribution in [1.82, 2.24) is 4.72 Å². The summed E-state index contributed by atoms with van der Waals surface area (Å²) in [5.41, 5.74) is 0.693. The maximum Gasteiger partial charge on any atom is 0.262 e. The Labute approximate surface area is 173 Å². The topological polar surface area (TPSA) is 93.7 Å². The van der Waals surface area contributed by atoms with E-state index < -0.39 is 10.0 Å². The van der Waals surface area contributed by atoms with E-state index in [9.17, 15) is 13.2 Å². The van der Waals surface area contributed by atoms with E-state index in [4.69, 9.17) is 21.1 Å². The summed E-state index contributed by atoms with van der Waals surface area (Å²) in [6.45, 7) is 0.135. The Morgan fingerprint density at radius 2 is 1.96 bits per heavy atom. The predicted octanol–water partition coefficient (Wildman–Crippen LogP) is 3.00. The standard InChI is InChI=1S/C18H21ClN2O5S2/c1-25-10-9-20-28(23,24)13-7-8-16(14(19)11-13)26-12-18(22)21-15-5-3-4-6-17(15)27-2/h3-8,11,20H,9-10,12H2,1-2H3,(H,21,22). The largest absolute Gasteiger partial charge is 0.482 e. The van der Waals surface area contributed by atoms with Gasteiger partial charge in [-0.3, -0.25) is 4.79 Å². The maximum absolute atomic E-state index is 12.2. The quantitative estimate of drug-likeness (QED) is 0.432. The highest BCUT2D eigenvalue weighted by molar-refractivity contribution is 7.98. The van der Waals surface area contributed by atoms with Crippen LogP contribution in [0.25, 0.3) is 0 Å². The SMILES string of the molecule is COCCNS(=O)(=O)c1ccc(OCC(=O)Nc2ccccc2SC)c(Cl)c1. The number of anilines is 1. The van der Waals surface area contributed by atoms with Crippen LogP contribution in [-0.4, -0.2) is 47.4 Å². The number of nitrogens with one attached hydrogen (secondary N) is 2. The Kier molecular flexibility index (Phi) is 8.58. The number of rotatable bonds is 10. The Morgan fingerprint density at radius 1 is 1.21 bits per heavy atom. The van der Waals surface area contributed by atoms with Gasteiger partial charge < -0.3 is 14.8 Å². The first-order valence-corrected chi connectivity index (χ1v) is 11.3. The van der Waals surface area contributed by atoms with Crippen LogP contribution in [0.5, 0.6) is 5.75 Å². The van der Waals surface area contributed by atoms with Crippen molar-refractivity contribution in [2.75, 3.05) is 38.4 Å². The van der Waals surface area contributed by atoms with Crippen LogP contribution in [0.15, 0.2) is 52.3 Å². The maximum atomic E-state index is 12.2. The molecule has 0 aromatic heterocycles. The number of hydrogen-bond acceptors (Lipinski definition) is 6. The van der Waals surface area contributed by atoms with Crippen LogP contribution >= 0.6 is 23.4 Å². The molecule has 0 bridgehead atoms. The zero-order chi connectivity index (χ0) is 20.6. The second-order valence-electron chi connectivity index (χ2n) is 5.52. The monoisotopic (exact) mass is 444 g/mol. The van der Waals surface area contributed by atoms with E-state index in [0.29, 0.717) is 5.69 Å². The van der Waals surface area contributed by atoms with Crippen LogP contribution in [0.3, 0.4) is 0 Å². The molecule has 2 aromatic rings. The molecule has 1 amide bonds. The molecule has 152 valence electrons. The van der Waals surface area contributed by atoms with Crippen molar-refractivity contribution in [2.45, 2.75) is 9.79 Å². The first-order chi connectivity index (χ1) is 13.4. The second kappa shape index (κ2) is 10.7. The Morgan fingerprint density at radius 3 is 2.64 bits per heavy atom. The second-order valence-corrected chi connectivity index (χ2v) is 8.54. The number of ether oxygens (including phenoxy) is 2. The molecule has 0 unspecified atom stereocenters. The highest BCUT2D eigenvalue weighted by atomic mass is 35.5. The average molecular weight is 445 g/mol. The minimum absolute atomic E-state index is 0.000646. The lowest BCUT2D eigenvalue weighted by Gasteiger charge is -2.12. The minimum Gasteiger partial charge on any atom is -0.482 e. The molecule has 0 aliphatic carbocycles. The number of hydrogen-bond donors (Lipinski definition) is 2. The summed E-state index contributed by atoms with van der Waals surface area (Å²) in [5, 5.41) is 2.86. The number of carbonyl (C=O) groups excluding carboxylic acids is 1. The van der Waals surface area contributed by atoms with Gasteiger partial charge in [0.05, 0.1) is 22.2 Å². The molecule has 0 aliphatic heterocycles. The third-order valence-corrected chi connectivity index (χ3v) is 6.10. The summed E-state index contributed by atoms with van der Waals surface area (Å²) in [5.74, 6) is -0.138. The molecular formula is C18H21ClN2O5S2. The number of para-hydroxylation sites is 1. The van der Waals surface area contributed by atoms with Crippen molar-refractivity contribution < 1.29 is 22.7 Å². The van der Waals surface area contributed by atoms with Gasteiger partial charge in [-0.05, 0) is 36.6 Å². The van der Waals surface area contributed by atoms with Gasteiger partial charge in [0.25, 0.3) is 5.91 Å². The number of sulfonamides is 1. The van der Waals surface area contributed by atoms with Crippen LogP contribution in [-0.2, 0) is 19.6 Å². The third-order valence-electron chi connectivity index (χ3n) is 3.55. The molecule has 2 N–H and O–H groups in total. The van der Waals surface area contributed by atoms with Crippen molar-refractivity contribution >= 4 is 45.0 Å². The lowest BCUT2D eigenvalue weighted by molar-refractivity contribution is -0.118. The van der Waals surface area contributed by atoms with Crippen LogP contribution < -0.4 is 14.8 Å². The molecular weight excluding hydrogens is 424 g/mol. The molecule has 0 saturated carbocycles. The highest BCUT2D eigenvalue weighted by Crippen LogP contribution is 2.28. The lowest BCUT2D eigenvalue weighted by atomic mass is 10.3. The van der Waals surface area contributed by atoms with Gasteiger partial charge in [0.2, 0.25) is 10.0 Å². The fraction of sp³-hybridized carbons (Fsp3) is 0.278. The van der Waals surface area contributed by atoms with Gasteiger partial charge in [-0.1, -0.05) is 23.7 Å². The number of carbonyl (C=O) groups is 1. The molecule has 10 heteroatoms. The van der Waals surface area contributed by atoms with Crippen molar-refractivity contribution in [3.05, 3.63) is 47.5 Å². The minimum atomic E-state index is -3.70. The van der Waals surface area contributed by atoms with Crippen LogP contribution in [0.4, 0.5) is 5.69 Å². The lowest BCUT2D eigenvalue weighted by Crippen LogP contribution is -2.27. The molecule has 0 atom stereocenters. The van der Waals surface area contributed by atoms with Crippen molar-refractivity contribution in [1.29, 1.82) is 0 Å². The van der Waals surface area contributed by atoms with Gasteiger partial charge in [0.1, 0.15) is 5.75 Å². The van der Waals surface area contributed by atoms with Crippen molar-refractivity contribution in [3.8, 4) is 5.75 Å². The predicted molar refractivity (Wildman–Crippen MR) is 111 cm³/mol. The summed E-state index contributed by atoms with van der Waals surface area (Å²) < 4.78 is 37.0.